The predicted molar refractivity (Wildman–Crippen MR) is 79.7 cm³/mol. The van der Waals surface area contributed by atoms with Gasteiger partial charge < -0.3 is 15.8 Å². The second-order valence-corrected chi connectivity index (χ2v) is 5.38. The minimum absolute atomic E-state index is 0.0594. The number of ether oxygens (including phenoxy) is 1. The molecule has 1 amide bonds. The molecule has 0 unspecified atom stereocenters. The summed E-state index contributed by atoms with van der Waals surface area (Å²) in [6.45, 7) is 4.21. The van der Waals surface area contributed by atoms with E-state index in [0.717, 1.165) is 31.4 Å². The van der Waals surface area contributed by atoms with E-state index in [1.54, 1.807) is 0 Å². The number of amides is 1. The summed E-state index contributed by atoms with van der Waals surface area (Å²) in [7, 11) is 0. The Labute approximate surface area is 120 Å². The molecule has 20 heavy (non-hydrogen) atoms. The molecule has 4 heteroatoms. The third-order valence-corrected chi connectivity index (χ3v) is 3.96. The third-order valence-electron chi connectivity index (χ3n) is 3.96. The summed E-state index contributed by atoms with van der Waals surface area (Å²) in [5, 5.41) is 2.96. The molecule has 0 fully saturated rings. The van der Waals surface area contributed by atoms with Gasteiger partial charge in [-0.3, -0.25) is 4.79 Å². The number of benzene rings is 1. The number of rotatable bonds is 6. The van der Waals surface area contributed by atoms with Crippen LogP contribution in [0.15, 0.2) is 18.2 Å². The molecule has 2 rings (SSSR count). The Bertz CT molecular complexity index is 470. The molecule has 0 aliphatic heterocycles. The summed E-state index contributed by atoms with van der Waals surface area (Å²) < 4.78 is 5.57. The lowest BCUT2D eigenvalue weighted by atomic mass is 10.1. The molecule has 0 saturated heterocycles. The van der Waals surface area contributed by atoms with Crippen molar-refractivity contribution in [3.8, 4) is 5.75 Å². The van der Waals surface area contributed by atoms with Gasteiger partial charge in [0.25, 0.3) is 5.91 Å². The molecule has 0 saturated carbocycles. The van der Waals surface area contributed by atoms with E-state index in [9.17, 15) is 4.79 Å². The predicted octanol–water partition coefficient (Wildman–Crippen LogP) is 2.32. The van der Waals surface area contributed by atoms with Crippen molar-refractivity contribution in [2.24, 2.45) is 5.73 Å². The molecular weight excluding hydrogens is 252 g/mol. The Morgan fingerprint density at radius 1 is 1.45 bits per heavy atom. The maximum Gasteiger partial charge on any atom is 0.258 e. The summed E-state index contributed by atoms with van der Waals surface area (Å²) in [6, 6.07) is 6.31. The number of aryl methyl sites for hydroxylation is 1. The topological polar surface area (TPSA) is 64.3 Å². The first-order valence-electron chi connectivity index (χ1n) is 7.44. The van der Waals surface area contributed by atoms with Gasteiger partial charge in [0.2, 0.25) is 0 Å². The van der Waals surface area contributed by atoms with Gasteiger partial charge >= 0.3 is 0 Å². The fourth-order valence-electron chi connectivity index (χ4n) is 2.63. The molecule has 0 heterocycles. The maximum absolute atomic E-state index is 11.8. The Morgan fingerprint density at radius 2 is 2.20 bits per heavy atom. The van der Waals surface area contributed by atoms with E-state index in [4.69, 9.17) is 10.5 Å². The van der Waals surface area contributed by atoms with Gasteiger partial charge in [0.1, 0.15) is 5.75 Å². The van der Waals surface area contributed by atoms with Crippen molar-refractivity contribution in [1.29, 1.82) is 0 Å². The number of carbonyl (C=O) groups excluding carboxylic acids is 1. The van der Waals surface area contributed by atoms with Gasteiger partial charge in [-0.1, -0.05) is 19.9 Å². The highest BCUT2D eigenvalue weighted by atomic mass is 16.5. The zero-order valence-electron chi connectivity index (χ0n) is 12.3. The van der Waals surface area contributed by atoms with Crippen LogP contribution in [-0.2, 0) is 11.2 Å². The summed E-state index contributed by atoms with van der Waals surface area (Å²) in [4.78, 5) is 11.8. The number of fused-ring (bicyclic) bond motifs is 1. The van der Waals surface area contributed by atoms with Gasteiger partial charge in [0.05, 0.1) is 0 Å². The smallest absolute Gasteiger partial charge is 0.258 e. The zero-order valence-corrected chi connectivity index (χ0v) is 12.3. The molecular formula is C16H24N2O2. The highest BCUT2D eigenvalue weighted by Gasteiger charge is 2.19. The normalized spacial score (nSPS) is 17.1. The lowest BCUT2D eigenvalue weighted by Gasteiger charge is -2.15. The maximum atomic E-state index is 11.8. The average molecular weight is 276 g/mol. The molecule has 1 aromatic carbocycles. The first-order valence-corrected chi connectivity index (χ1v) is 7.44. The van der Waals surface area contributed by atoms with Crippen LogP contribution in [0.4, 0.5) is 0 Å². The van der Waals surface area contributed by atoms with Crippen LogP contribution in [0.2, 0.25) is 0 Å². The number of carbonyl (C=O) groups is 1. The zero-order chi connectivity index (χ0) is 14.5. The van der Waals surface area contributed by atoms with Crippen molar-refractivity contribution >= 4 is 5.91 Å². The van der Waals surface area contributed by atoms with Crippen LogP contribution in [0.3, 0.4) is 0 Å². The van der Waals surface area contributed by atoms with Crippen molar-refractivity contribution in [2.75, 3.05) is 6.61 Å². The van der Waals surface area contributed by atoms with Crippen LogP contribution in [0.25, 0.3) is 0 Å². The van der Waals surface area contributed by atoms with Crippen molar-refractivity contribution in [3.63, 3.8) is 0 Å². The van der Waals surface area contributed by atoms with E-state index in [2.05, 4.69) is 19.2 Å². The molecule has 110 valence electrons. The summed E-state index contributed by atoms with van der Waals surface area (Å²) >= 11 is 0. The summed E-state index contributed by atoms with van der Waals surface area (Å²) in [5.41, 5.74) is 8.45. The van der Waals surface area contributed by atoms with Crippen molar-refractivity contribution in [1.82, 2.24) is 5.32 Å². The largest absolute Gasteiger partial charge is 0.484 e. The first kappa shape index (κ1) is 14.9. The van der Waals surface area contributed by atoms with Crippen LogP contribution in [0, 0.1) is 0 Å². The fraction of sp³-hybridized carbons (Fsp3) is 0.562. The average Bonchev–Trinajstić information content (AvgIpc) is 2.83. The summed E-state index contributed by atoms with van der Waals surface area (Å²) in [5.74, 6) is 0.688. The van der Waals surface area contributed by atoms with E-state index < -0.39 is 0 Å². The van der Waals surface area contributed by atoms with Crippen LogP contribution in [-0.4, -0.2) is 18.6 Å². The minimum atomic E-state index is -0.0594. The number of nitrogens with one attached hydrogen (secondary N) is 1. The molecule has 3 N–H and O–H groups in total. The molecule has 1 aliphatic rings. The fourth-order valence-corrected chi connectivity index (χ4v) is 2.63. The van der Waals surface area contributed by atoms with Gasteiger partial charge in [0, 0.05) is 12.1 Å². The van der Waals surface area contributed by atoms with E-state index in [1.165, 1.54) is 11.1 Å². The molecule has 1 atom stereocenters. The highest BCUT2D eigenvalue weighted by molar-refractivity contribution is 5.77. The third kappa shape index (κ3) is 3.51. The summed E-state index contributed by atoms with van der Waals surface area (Å²) in [6.07, 6.45) is 3.87. The second kappa shape index (κ2) is 6.75. The molecule has 1 aliphatic carbocycles. The minimum Gasteiger partial charge on any atom is -0.484 e. The Hall–Kier alpha value is -1.55. The quantitative estimate of drug-likeness (QED) is 0.838. The lowest BCUT2D eigenvalue weighted by Crippen LogP contribution is -2.37. The van der Waals surface area contributed by atoms with Crippen molar-refractivity contribution in [2.45, 2.75) is 51.6 Å². The van der Waals surface area contributed by atoms with Crippen LogP contribution in [0.1, 0.15) is 50.3 Å². The highest BCUT2D eigenvalue weighted by Crippen LogP contribution is 2.31. The van der Waals surface area contributed by atoms with E-state index in [-0.39, 0.29) is 24.6 Å². The molecule has 0 spiro atoms. The Balaban J connectivity index is 1.87. The standard InChI is InChI=1S/C16H24N2O2/c1-3-12(4-2)18-16(19)10-20-13-6-7-14-11(9-13)5-8-15(14)17/h6-7,9,12,15H,3-5,8,10,17H2,1-2H3,(H,18,19)/t15-/m1/s1. The van der Waals surface area contributed by atoms with Gasteiger partial charge in [-0.05, 0) is 48.9 Å². The van der Waals surface area contributed by atoms with Crippen LogP contribution >= 0.6 is 0 Å². The number of hydrogen-bond acceptors (Lipinski definition) is 3. The molecule has 0 aromatic heterocycles. The van der Waals surface area contributed by atoms with Gasteiger partial charge in [-0.15, -0.1) is 0 Å². The lowest BCUT2D eigenvalue weighted by molar-refractivity contribution is -0.123. The van der Waals surface area contributed by atoms with E-state index in [0.29, 0.717) is 0 Å². The van der Waals surface area contributed by atoms with Gasteiger partial charge in [-0.25, -0.2) is 0 Å². The monoisotopic (exact) mass is 276 g/mol. The SMILES string of the molecule is CCC(CC)NC(=O)COc1ccc2c(c1)CC[C@H]2N. The molecule has 0 bridgehead atoms. The number of hydrogen-bond donors (Lipinski definition) is 2. The van der Waals surface area contributed by atoms with Crippen molar-refractivity contribution < 1.29 is 9.53 Å². The van der Waals surface area contributed by atoms with Crippen molar-refractivity contribution in [3.05, 3.63) is 29.3 Å². The molecule has 0 radical (unpaired) electrons. The number of nitrogens with two attached hydrogens (primary N) is 1. The Morgan fingerprint density at radius 3 is 2.90 bits per heavy atom. The first-order chi connectivity index (χ1) is 9.63. The van der Waals surface area contributed by atoms with Gasteiger partial charge in [-0.2, -0.15) is 0 Å². The van der Waals surface area contributed by atoms with E-state index in [1.807, 2.05) is 18.2 Å². The second-order valence-electron chi connectivity index (χ2n) is 5.38. The van der Waals surface area contributed by atoms with Gasteiger partial charge in [0.15, 0.2) is 6.61 Å². The molecule has 1 aromatic rings. The van der Waals surface area contributed by atoms with E-state index >= 15 is 0 Å². The Kier molecular flexibility index (Phi) is 5.01. The van der Waals surface area contributed by atoms with Crippen LogP contribution in [0.5, 0.6) is 5.75 Å². The van der Waals surface area contributed by atoms with Crippen LogP contribution < -0.4 is 15.8 Å². The molecule has 4 nitrogen and oxygen atoms in total.